The number of hydrogen-bond donors (Lipinski definition) is 3. The first-order valence-corrected chi connectivity index (χ1v) is 5.66. The zero-order valence-corrected chi connectivity index (χ0v) is 10.4. The van der Waals surface area contributed by atoms with Crippen LogP contribution in [0, 0.1) is 0 Å². The van der Waals surface area contributed by atoms with Crippen molar-refractivity contribution in [1.29, 1.82) is 0 Å². The molecule has 0 aromatic carbocycles. The van der Waals surface area contributed by atoms with Gasteiger partial charge in [0.25, 0.3) is 5.91 Å². The summed E-state index contributed by atoms with van der Waals surface area (Å²) in [6.45, 7) is 1.86. The third-order valence-electron chi connectivity index (χ3n) is 2.50. The van der Waals surface area contributed by atoms with Gasteiger partial charge in [0.1, 0.15) is 5.82 Å². The summed E-state index contributed by atoms with van der Waals surface area (Å²) in [6.07, 6.45) is 4.76. The van der Waals surface area contributed by atoms with Crippen molar-refractivity contribution in [3.63, 3.8) is 0 Å². The van der Waals surface area contributed by atoms with E-state index >= 15 is 0 Å². The minimum atomic E-state index is -0.266. The molecule has 94 valence electrons. The third kappa shape index (κ3) is 2.60. The summed E-state index contributed by atoms with van der Waals surface area (Å²) in [5.41, 5.74) is 6.73. The number of H-pyrrole nitrogens is 1. The summed E-state index contributed by atoms with van der Waals surface area (Å²) in [5, 5.41) is 9.58. The van der Waals surface area contributed by atoms with Crippen molar-refractivity contribution in [3.8, 4) is 0 Å². The van der Waals surface area contributed by atoms with Crippen LogP contribution in [-0.2, 0) is 0 Å². The summed E-state index contributed by atoms with van der Waals surface area (Å²) in [6, 6.07) is 1.33. The summed E-state index contributed by atoms with van der Waals surface area (Å²) >= 11 is 5.81. The lowest BCUT2D eigenvalue weighted by atomic mass is 10.1. The predicted octanol–water partition coefficient (Wildman–Crippen LogP) is 1.53. The van der Waals surface area contributed by atoms with Crippen molar-refractivity contribution in [2.75, 3.05) is 5.73 Å². The van der Waals surface area contributed by atoms with Gasteiger partial charge >= 0.3 is 0 Å². The Bertz CT molecular complexity index is 555. The summed E-state index contributed by atoms with van der Waals surface area (Å²) in [7, 11) is 0. The molecular weight excluding hydrogens is 254 g/mol. The summed E-state index contributed by atoms with van der Waals surface area (Å²) in [5.74, 6) is -0.0609. The van der Waals surface area contributed by atoms with Crippen molar-refractivity contribution in [2.45, 2.75) is 13.0 Å². The van der Waals surface area contributed by atoms with Crippen LogP contribution >= 0.6 is 11.6 Å². The number of aromatic nitrogens is 3. The van der Waals surface area contributed by atoms with Crippen molar-refractivity contribution in [3.05, 3.63) is 40.8 Å². The lowest BCUT2D eigenvalue weighted by Gasteiger charge is -2.12. The Morgan fingerprint density at radius 3 is 2.94 bits per heavy atom. The fraction of sp³-hybridized carbons (Fsp3) is 0.182. The second-order valence-electron chi connectivity index (χ2n) is 3.82. The molecule has 7 heteroatoms. The predicted molar refractivity (Wildman–Crippen MR) is 68.1 cm³/mol. The molecule has 2 heterocycles. The van der Waals surface area contributed by atoms with Gasteiger partial charge in [-0.05, 0) is 13.0 Å². The molecule has 2 aromatic rings. The van der Waals surface area contributed by atoms with Gasteiger partial charge in [0.05, 0.1) is 22.8 Å². The first-order valence-electron chi connectivity index (χ1n) is 5.28. The second kappa shape index (κ2) is 5.05. The Kier molecular flexibility index (Phi) is 3.47. The topological polar surface area (TPSA) is 96.7 Å². The molecule has 0 radical (unpaired) electrons. The molecule has 6 nitrogen and oxygen atoms in total. The number of aromatic amines is 1. The summed E-state index contributed by atoms with van der Waals surface area (Å²) < 4.78 is 0. The molecule has 0 bridgehead atoms. The molecular formula is C11H12ClN5O. The highest BCUT2D eigenvalue weighted by atomic mass is 35.5. The lowest BCUT2D eigenvalue weighted by Crippen LogP contribution is -2.26. The highest BCUT2D eigenvalue weighted by molar-refractivity contribution is 6.33. The average molecular weight is 266 g/mol. The molecule has 0 aliphatic carbocycles. The smallest absolute Gasteiger partial charge is 0.253 e. The number of nitrogens with one attached hydrogen (secondary N) is 2. The highest BCUT2D eigenvalue weighted by Gasteiger charge is 2.13. The van der Waals surface area contributed by atoms with E-state index in [1.165, 1.54) is 12.3 Å². The molecule has 2 rings (SSSR count). The molecule has 18 heavy (non-hydrogen) atoms. The van der Waals surface area contributed by atoms with E-state index in [9.17, 15) is 4.79 Å². The van der Waals surface area contributed by atoms with Gasteiger partial charge in [-0.1, -0.05) is 11.6 Å². The molecule has 0 saturated heterocycles. The quantitative estimate of drug-likeness (QED) is 0.784. The van der Waals surface area contributed by atoms with Gasteiger partial charge in [-0.15, -0.1) is 0 Å². The maximum absolute atomic E-state index is 11.9. The van der Waals surface area contributed by atoms with Gasteiger partial charge in [-0.2, -0.15) is 5.10 Å². The van der Waals surface area contributed by atoms with Crippen LogP contribution in [0.25, 0.3) is 0 Å². The molecule has 1 amide bonds. The number of pyridine rings is 1. The number of anilines is 1. The Labute approximate surface area is 109 Å². The van der Waals surface area contributed by atoms with E-state index < -0.39 is 0 Å². The number of amides is 1. The van der Waals surface area contributed by atoms with Crippen LogP contribution in [0.5, 0.6) is 0 Å². The third-order valence-corrected chi connectivity index (χ3v) is 2.80. The Morgan fingerprint density at radius 2 is 2.33 bits per heavy atom. The fourth-order valence-electron chi connectivity index (χ4n) is 1.43. The van der Waals surface area contributed by atoms with Crippen LogP contribution in [0.2, 0.25) is 5.02 Å². The van der Waals surface area contributed by atoms with Gasteiger partial charge in [-0.25, -0.2) is 4.98 Å². The fourth-order valence-corrected chi connectivity index (χ4v) is 1.60. The zero-order valence-electron chi connectivity index (χ0n) is 9.64. The number of nitrogens with zero attached hydrogens (tertiary/aromatic N) is 2. The minimum Gasteiger partial charge on any atom is -0.382 e. The lowest BCUT2D eigenvalue weighted by molar-refractivity contribution is 0.0939. The normalized spacial score (nSPS) is 12.1. The Balaban J connectivity index is 2.10. The molecule has 4 N–H and O–H groups in total. The van der Waals surface area contributed by atoms with Gasteiger partial charge in [0, 0.05) is 18.0 Å². The molecule has 0 saturated carbocycles. The maximum Gasteiger partial charge on any atom is 0.253 e. The Hall–Kier alpha value is -2.08. The van der Waals surface area contributed by atoms with Gasteiger partial charge in [0.15, 0.2) is 0 Å². The largest absolute Gasteiger partial charge is 0.382 e. The molecule has 1 atom stereocenters. The average Bonchev–Trinajstić information content (AvgIpc) is 2.86. The van der Waals surface area contributed by atoms with Crippen LogP contribution in [0.1, 0.15) is 28.9 Å². The van der Waals surface area contributed by atoms with E-state index in [1.54, 1.807) is 12.4 Å². The van der Waals surface area contributed by atoms with E-state index in [2.05, 4.69) is 20.5 Å². The van der Waals surface area contributed by atoms with E-state index in [0.717, 1.165) is 5.56 Å². The maximum atomic E-state index is 11.9. The van der Waals surface area contributed by atoms with Crippen molar-refractivity contribution in [1.82, 2.24) is 20.5 Å². The molecule has 0 spiro atoms. The number of carbonyl (C=O) groups excluding carboxylic acids is 1. The highest BCUT2D eigenvalue weighted by Crippen LogP contribution is 2.17. The number of halogens is 1. The van der Waals surface area contributed by atoms with Gasteiger partial charge in [-0.3, -0.25) is 9.89 Å². The monoisotopic (exact) mass is 265 g/mol. The van der Waals surface area contributed by atoms with Crippen LogP contribution in [0.4, 0.5) is 5.82 Å². The van der Waals surface area contributed by atoms with Crippen LogP contribution in [0.3, 0.4) is 0 Å². The van der Waals surface area contributed by atoms with Crippen LogP contribution < -0.4 is 11.1 Å². The molecule has 2 aromatic heterocycles. The molecule has 0 fully saturated rings. The van der Waals surface area contributed by atoms with E-state index in [1.807, 2.05) is 6.92 Å². The first kappa shape index (κ1) is 12.4. The first-order chi connectivity index (χ1) is 8.58. The SMILES string of the molecule is CC(NC(=O)c1cnc(N)c(Cl)c1)c1cn[nH]c1. The number of nitrogen functional groups attached to an aromatic ring is 1. The zero-order chi connectivity index (χ0) is 13.1. The molecule has 1 unspecified atom stereocenters. The van der Waals surface area contributed by atoms with E-state index in [4.69, 9.17) is 17.3 Å². The van der Waals surface area contributed by atoms with Crippen LogP contribution in [0.15, 0.2) is 24.7 Å². The standard InChI is InChI=1S/C11H12ClN5O/c1-6(8-4-15-16-5-8)17-11(18)7-2-9(12)10(13)14-3-7/h2-6H,1H3,(H2,13,14)(H,15,16)(H,17,18). The minimum absolute atomic E-state index is 0.160. The van der Waals surface area contributed by atoms with Crippen molar-refractivity contribution >= 4 is 23.3 Å². The number of carbonyl (C=O) groups is 1. The van der Waals surface area contributed by atoms with E-state index in [0.29, 0.717) is 5.56 Å². The second-order valence-corrected chi connectivity index (χ2v) is 4.23. The van der Waals surface area contributed by atoms with Crippen molar-refractivity contribution < 1.29 is 4.79 Å². The molecule has 0 aliphatic rings. The number of rotatable bonds is 3. The van der Waals surface area contributed by atoms with Gasteiger partial charge < -0.3 is 11.1 Å². The van der Waals surface area contributed by atoms with Crippen LogP contribution in [-0.4, -0.2) is 21.1 Å². The van der Waals surface area contributed by atoms with E-state index in [-0.39, 0.29) is 22.8 Å². The number of hydrogen-bond acceptors (Lipinski definition) is 4. The molecule has 0 aliphatic heterocycles. The number of nitrogens with two attached hydrogens (primary N) is 1. The van der Waals surface area contributed by atoms with Gasteiger partial charge in [0.2, 0.25) is 0 Å². The Morgan fingerprint density at radius 1 is 1.56 bits per heavy atom. The summed E-state index contributed by atoms with van der Waals surface area (Å²) in [4.78, 5) is 15.8. The van der Waals surface area contributed by atoms with Crippen molar-refractivity contribution in [2.24, 2.45) is 0 Å².